The Morgan fingerprint density at radius 3 is 2.14 bits per heavy atom. The Morgan fingerprint density at radius 1 is 0.857 bits per heavy atom. The fourth-order valence-electron chi connectivity index (χ4n) is 5.27. The van der Waals surface area contributed by atoms with E-state index >= 15 is 0 Å². The van der Waals surface area contributed by atoms with Crippen molar-refractivity contribution in [2.45, 2.75) is 25.7 Å². The Hall–Kier alpha value is -4.21. The van der Waals surface area contributed by atoms with Crippen molar-refractivity contribution in [3.63, 3.8) is 0 Å². The van der Waals surface area contributed by atoms with Crippen LogP contribution in [0.5, 0.6) is 11.5 Å². The predicted molar refractivity (Wildman–Crippen MR) is 154 cm³/mol. The molecular weight excluding hydrogens is 583 g/mol. The van der Waals surface area contributed by atoms with Crippen molar-refractivity contribution in [1.82, 2.24) is 10.0 Å². The van der Waals surface area contributed by atoms with Crippen LogP contribution in [0.15, 0.2) is 66.7 Å². The van der Waals surface area contributed by atoms with Crippen LogP contribution >= 0.6 is 23.2 Å². The van der Waals surface area contributed by atoms with Gasteiger partial charge in [0, 0.05) is 10.6 Å². The molecule has 2 atom stereocenters. The summed E-state index contributed by atoms with van der Waals surface area (Å²) >= 11 is 12.3. The number of benzene rings is 3. The van der Waals surface area contributed by atoms with Gasteiger partial charge in [-0.1, -0.05) is 42.1 Å². The number of carbonyl (C=O) groups excluding carboxylic acids is 5. The Morgan fingerprint density at radius 2 is 1.52 bits per heavy atom. The number of ether oxygens (including phenoxy) is 2. The highest BCUT2D eigenvalue weighted by atomic mass is 35.5. The van der Waals surface area contributed by atoms with Crippen molar-refractivity contribution in [1.29, 1.82) is 0 Å². The van der Waals surface area contributed by atoms with E-state index in [0.717, 1.165) is 22.9 Å². The van der Waals surface area contributed by atoms with Gasteiger partial charge in [-0.15, -0.1) is 0 Å². The summed E-state index contributed by atoms with van der Waals surface area (Å²) in [5, 5.41) is 2.00. The molecule has 42 heavy (non-hydrogen) atoms. The van der Waals surface area contributed by atoms with Crippen LogP contribution in [0.4, 0.5) is 0 Å². The molecule has 2 aliphatic rings. The molecular formula is C31H26Cl2N2O7. The second kappa shape index (κ2) is 12.3. The van der Waals surface area contributed by atoms with E-state index in [1.165, 1.54) is 55.6 Å². The molecule has 216 valence electrons. The maximum Gasteiger partial charge on any atom is 0.343 e. The second-order valence-electron chi connectivity index (χ2n) is 10.0. The van der Waals surface area contributed by atoms with Gasteiger partial charge in [0.1, 0.15) is 18.0 Å². The zero-order valence-electron chi connectivity index (χ0n) is 22.5. The first-order chi connectivity index (χ1) is 20.2. The Bertz CT molecular complexity index is 1550. The number of ketones is 1. The van der Waals surface area contributed by atoms with Crippen molar-refractivity contribution in [2.24, 2.45) is 11.8 Å². The smallest absolute Gasteiger partial charge is 0.343 e. The van der Waals surface area contributed by atoms with Crippen molar-refractivity contribution in [2.75, 3.05) is 13.7 Å². The molecule has 1 saturated heterocycles. The summed E-state index contributed by atoms with van der Waals surface area (Å²) in [7, 11) is 1.49. The van der Waals surface area contributed by atoms with Gasteiger partial charge >= 0.3 is 5.97 Å². The quantitative estimate of drug-likeness (QED) is 0.141. The first kappa shape index (κ1) is 29.3. The van der Waals surface area contributed by atoms with Crippen LogP contribution in [0.1, 0.15) is 56.8 Å². The van der Waals surface area contributed by atoms with Gasteiger partial charge in [-0.2, -0.15) is 5.01 Å². The maximum atomic E-state index is 13.7. The molecule has 1 heterocycles. The summed E-state index contributed by atoms with van der Waals surface area (Å²) in [6.07, 6.45) is 2.69. The third-order valence-corrected chi connectivity index (χ3v) is 7.99. The van der Waals surface area contributed by atoms with Crippen LogP contribution in [0, 0.1) is 11.8 Å². The molecule has 11 heteroatoms. The molecule has 2 fully saturated rings. The lowest BCUT2D eigenvalue weighted by Crippen LogP contribution is -2.52. The molecule has 1 aliphatic carbocycles. The number of methoxy groups -OCH3 is 1. The van der Waals surface area contributed by atoms with Crippen LogP contribution in [-0.4, -0.2) is 53.1 Å². The molecule has 1 saturated carbocycles. The number of carbonyl (C=O) groups is 5. The summed E-state index contributed by atoms with van der Waals surface area (Å²) in [5.74, 6) is -3.33. The third-order valence-electron chi connectivity index (χ3n) is 7.44. The Kier molecular flexibility index (Phi) is 8.61. The van der Waals surface area contributed by atoms with E-state index in [4.69, 9.17) is 32.7 Å². The van der Waals surface area contributed by atoms with Crippen LogP contribution in [0.25, 0.3) is 0 Å². The first-order valence-electron chi connectivity index (χ1n) is 13.3. The lowest BCUT2D eigenvalue weighted by Gasteiger charge is -2.30. The van der Waals surface area contributed by atoms with E-state index in [9.17, 15) is 24.0 Å². The van der Waals surface area contributed by atoms with Crippen LogP contribution < -0.4 is 9.47 Å². The normalized spacial score (nSPS) is 17.9. The highest BCUT2D eigenvalue weighted by Gasteiger charge is 2.52. The van der Waals surface area contributed by atoms with Gasteiger partial charge in [0.15, 0.2) is 5.78 Å². The van der Waals surface area contributed by atoms with Crippen molar-refractivity contribution < 1.29 is 33.4 Å². The van der Waals surface area contributed by atoms with Crippen molar-refractivity contribution in [3.8, 4) is 11.5 Å². The molecule has 0 bridgehead atoms. The number of imide groups is 1. The van der Waals surface area contributed by atoms with E-state index in [-0.39, 0.29) is 27.5 Å². The highest BCUT2D eigenvalue weighted by molar-refractivity contribution is 6.36. The predicted octanol–water partition coefficient (Wildman–Crippen LogP) is 5.64. The molecule has 0 radical (unpaired) electrons. The average Bonchev–Trinajstić information content (AvgIpc) is 3.25. The number of nitrogens with zero attached hydrogens (tertiary/aromatic N) is 2. The standard InChI is InChI=1S/C31H26Cl2N2O7/c1-41-22-6-4-5-19(15-22)31(40)42-21-12-9-18(10-13-21)27(36)17-34(28(37)25-14-11-20(32)16-26(25)33)35-29(38)23-7-2-3-8-24(23)30(35)39/h4-6,9-16,23-24H,2-3,7-8,17H2,1H3/t23-,24+. The number of amides is 3. The van der Waals surface area contributed by atoms with E-state index in [0.29, 0.717) is 23.6 Å². The molecule has 0 aromatic heterocycles. The topological polar surface area (TPSA) is 110 Å². The van der Waals surface area contributed by atoms with Gasteiger partial charge in [0.05, 0.1) is 35.1 Å². The van der Waals surface area contributed by atoms with Gasteiger partial charge < -0.3 is 9.47 Å². The number of hydrazine groups is 1. The number of hydrogen-bond acceptors (Lipinski definition) is 7. The SMILES string of the molecule is COc1cccc(C(=O)Oc2ccc(C(=O)CN(C(=O)c3ccc(Cl)cc3Cl)N3C(=O)[C@H]4CCCC[C@H]4C3=O)cc2)c1. The summed E-state index contributed by atoms with van der Waals surface area (Å²) < 4.78 is 10.5. The van der Waals surface area contributed by atoms with E-state index in [1.54, 1.807) is 18.2 Å². The minimum atomic E-state index is -0.783. The fourth-order valence-corrected chi connectivity index (χ4v) is 5.76. The first-order valence-corrected chi connectivity index (χ1v) is 14.1. The second-order valence-corrected chi connectivity index (χ2v) is 10.9. The lowest BCUT2D eigenvalue weighted by molar-refractivity contribution is -0.154. The van der Waals surface area contributed by atoms with Gasteiger partial charge in [-0.05, 0) is 73.5 Å². The van der Waals surface area contributed by atoms with Gasteiger partial charge in [0.25, 0.3) is 17.7 Å². The zero-order valence-corrected chi connectivity index (χ0v) is 24.1. The lowest BCUT2D eigenvalue weighted by atomic mass is 9.81. The molecule has 5 rings (SSSR count). The van der Waals surface area contributed by atoms with E-state index < -0.39 is 47.9 Å². The summed E-state index contributed by atoms with van der Waals surface area (Å²) in [6, 6.07) is 16.4. The number of Topliss-reactive ketones (excluding diaryl/α,β-unsaturated/α-hetero) is 1. The summed E-state index contributed by atoms with van der Waals surface area (Å²) in [6.45, 7) is -0.600. The molecule has 3 amide bonds. The monoisotopic (exact) mass is 608 g/mol. The largest absolute Gasteiger partial charge is 0.497 e. The van der Waals surface area contributed by atoms with Gasteiger partial charge in [-0.25, -0.2) is 9.80 Å². The average molecular weight is 609 g/mol. The summed E-state index contributed by atoms with van der Waals surface area (Å²) in [5.41, 5.74) is 0.446. The maximum absolute atomic E-state index is 13.7. The van der Waals surface area contributed by atoms with Crippen LogP contribution in [0.3, 0.4) is 0 Å². The molecule has 1 aliphatic heterocycles. The van der Waals surface area contributed by atoms with Gasteiger partial charge in [-0.3, -0.25) is 19.2 Å². The summed E-state index contributed by atoms with van der Waals surface area (Å²) in [4.78, 5) is 66.4. The number of halogens is 2. The molecule has 0 spiro atoms. The fraction of sp³-hybridized carbons (Fsp3) is 0.258. The van der Waals surface area contributed by atoms with E-state index in [2.05, 4.69) is 0 Å². The van der Waals surface area contributed by atoms with Crippen molar-refractivity contribution >= 4 is 52.7 Å². The van der Waals surface area contributed by atoms with Crippen molar-refractivity contribution in [3.05, 3.63) is 93.5 Å². The van der Waals surface area contributed by atoms with Crippen LogP contribution in [-0.2, 0) is 9.59 Å². The van der Waals surface area contributed by atoms with Gasteiger partial charge in [0.2, 0.25) is 0 Å². The number of fused-ring (bicyclic) bond motifs is 1. The Labute approximate surface area is 251 Å². The molecule has 0 unspecified atom stereocenters. The number of esters is 1. The Balaban J connectivity index is 1.38. The number of hydrogen-bond donors (Lipinski definition) is 0. The molecule has 3 aromatic carbocycles. The molecule has 3 aromatic rings. The minimum absolute atomic E-state index is 0.0101. The van der Waals surface area contributed by atoms with E-state index in [1.807, 2.05) is 0 Å². The number of rotatable bonds is 8. The highest BCUT2D eigenvalue weighted by Crippen LogP contribution is 2.39. The minimum Gasteiger partial charge on any atom is -0.497 e. The third kappa shape index (κ3) is 5.89. The zero-order chi connectivity index (χ0) is 30.0. The van der Waals surface area contributed by atoms with Crippen LogP contribution in [0.2, 0.25) is 10.0 Å². The molecule has 0 N–H and O–H groups in total. The molecule has 9 nitrogen and oxygen atoms in total.